The van der Waals surface area contributed by atoms with E-state index in [4.69, 9.17) is 9.47 Å². The van der Waals surface area contributed by atoms with Crippen LogP contribution in [0.2, 0.25) is 0 Å². The van der Waals surface area contributed by atoms with E-state index in [1.807, 2.05) is 26.0 Å². The van der Waals surface area contributed by atoms with Crippen molar-refractivity contribution in [3.05, 3.63) is 36.4 Å². The van der Waals surface area contributed by atoms with Gasteiger partial charge in [-0.3, -0.25) is 0 Å². The molecule has 0 N–H and O–H groups in total. The van der Waals surface area contributed by atoms with Gasteiger partial charge in [-0.1, -0.05) is 24.8 Å². The number of rotatable bonds is 5. The number of ether oxygens (including phenoxy) is 2. The van der Waals surface area contributed by atoms with Gasteiger partial charge >= 0.3 is 5.97 Å². The molecule has 0 aliphatic rings. The summed E-state index contributed by atoms with van der Waals surface area (Å²) in [6, 6.07) is 7.38. The molecular weight excluding hydrogens is 228 g/mol. The second-order valence-electron chi connectivity index (χ2n) is 4.84. The first-order valence-electron chi connectivity index (χ1n) is 5.98. The molecule has 0 fully saturated rings. The van der Waals surface area contributed by atoms with Gasteiger partial charge in [0.15, 0.2) is 5.60 Å². The lowest BCUT2D eigenvalue weighted by Gasteiger charge is -2.25. The van der Waals surface area contributed by atoms with Gasteiger partial charge < -0.3 is 9.47 Å². The zero-order valence-electron chi connectivity index (χ0n) is 11.4. The molecule has 18 heavy (non-hydrogen) atoms. The maximum atomic E-state index is 11.8. The van der Waals surface area contributed by atoms with Crippen molar-refractivity contribution in [2.75, 3.05) is 0 Å². The van der Waals surface area contributed by atoms with Crippen LogP contribution in [-0.4, -0.2) is 17.7 Å². The van der Waals surface area contributed by atoms with Crippen LogP contribution in [0.1, 0.15) is 33.3 Å². The monoisotopic (exact) mass is 248 g/mol. The fourth-order valence-electron chi connectivity index (χ4n) is 1.36. The Hall–Kier alpha value is -1.77. The summed E-state index contributed by atoms with van der Waals surface area (Å²) in [4.78, 5) is 11.8. The van der Waals surface area contributed by atoms with Crippen LogP contribution < -0.4 is 4.74 Å². The topological polar surface area (TPSA) is 35.5 Å². The van der Waals surface area contributed by atoms with Crippen LogP contribution >= 0.6 is 0 Å². The first-order valence-corrected chi connectivity index (χ1v) is 5.98. The van der Waals surface area contributed by atoms with E-state index in [2.05, 4.69) is 6.58 Å². The summed E-state index contributed by atoms with van der Waals surface area (Å²) < 4.78 is 10.8. The lowest BCUT2D eigenvalue weighted by Crippen LogP contribution is -2.40. The molecule has 98 valence electrons. The predicted molar refractivity (Wildman–Crippen MR) is 72.5 cm³/mol. The smallest absolute Gasteiger partial charge is 0.350 e. The molecule has 0 atom stereocenters. The number of hydrogen-bond donors (Lipinski definition) is 0. The van der Waals surface area contributed by atoms with Crippen LogP contribution in [0.3, 0.4) is 0 Å². The molecule has 1 aromatic rings. The van der Waals surface area contributed by atoms with Gasteiger partial charge in [-0.05, 0) is 45.4 Å². The summed E-state index contributed by atoms with van der Waals surface area (Å²) in [7, 11) is 0. The maximum Gasteiger partial charge on any atom is 0.350 e. The lowest BCUT2D eigenvalue weighted by atomic mass is 10.1. The van der Waals surface area contributed by atoms with E-state index in [-0.39, 0.29) is 12.1 Å². The Balaban J connectivity index is 2.74. The van der Waals surface area contributed by atoms with Crippen LogP contribution in [0.25, 0.3) is 6.08 Å². The fraction of sp³-hybridized carbons (Fsp3) is 0.400. The average molecular weight is 248 g/mol. The molecule has 0 aliphatic carbocycles. The molecule has 3 heteroatoms. The number of carbonyl (C=O) groups is 1. The second-order valence-corrected chi connectivity index (χ2v) is 4.84. The van der Waals surface area contributed by atoms with Gasteiger partial charge in [0.05, 0.1) is 6.10 Å². The zero-order valence-corrected chi connectivity index (χ0v) is 11.4. The molecule has 1 rings (SSSR count). The largest absolute Gasteiger partial charge is 0.476 e. The van der Waals surface area contributed by atoms with Crippen molar-refractivity contribution in [3.8, 4) is 5.75 Å². The van der Waals surface area contributed by atoms with Crippen LogP contribution in [0, 0.1) is 0 Å². The molecule has 0 spiro atoms. The molecule has 0 unspecified atom stereocenters. The van der Waals surface area contributed by atoms with Crippen molar-refractivity contribution in [2.45, 2.75) is 39.4 Å². The minimum atomic E-state index is -1.00. The molecular formula is C15H20O3. The normalized spacial score (nSPS) is 11.2. The van der Waals surface area contributed by atoms with Crippen molar-refractivity contribution in [2.24, 2.45) is 0 Å². The summed E-state index contributed by atoms with van der Waals surface area (Å²) in [6.07, 6.45) is 1.60. The van der Waals surface area contributed by atoms with Gasteiger partial charge in [-0.15, -0.1) is 0 Å². The van der Waals surface area contributed by atoms with Crippen molar-refractivity contribution in [1.29, 1.82) is 0 Å². The van der Waals surface area contributed by atoms with Gasteiger partial charge in [0.1, 0.15) is 5.75 Å². The third-order valence-corrected chi connectivity index (χ3v) is 2.32. The Labute approximate surface area is 108 Å². The summed E-state index contributed by atoms with van der Waals surface area (Å²) >= 11 is 0. The van der Waals surface area contributed by atoms with E-state index in [0.29, 0.717) is 5.75 Å². The van der Waals surface area contributed by atoms with Crippen LogP contribution in [0.15, 0.2) is 30.8 Å². The standard InChI is InChI=1S/C15H20O3/c1-6-12-7-9-13(10-8-12)18-15(4,5)14(16)17-11(2)3/h6-11H,1H2,2-5H3. The zero-order chi connectivity index (χ0) is 13.8. The van der Waals surface area contributed by atoms with Gasteiger partial charge in [0.25, 0.3) is 0 Å². The molecule has 0 aromatic heterocycles. The summed E-state index contributed by atoms with van der Waals surface area (Å²) in [5, 5.41) is 0. The van der Waals surface area contributed by atoms with Crippen molar-refractivity contribution in [3.63, 3.8) is 0 Å². The fourth-order valence-corrected chi connectivity index (χ4v) is 1.36. The minimum Gasteiger partial charge on any atom is -0.476 e. The quantitative estimate of drug-likeness (QED) is 0.749. The lowest BCUT2D eigenvalue weighted by molar-refractivity contribution is -0.163. The first kappa shape index (κ1) is 14.3. The molecule has 0 saturated carbocycles. The van der Waals surface area contributed by atoms with Gasteiger partial charge in [-0.25, -0.2) is 4.79 Å². The third kappa shape index (κ3) is 3.91. The highest BCUT2D eigenvalue weighted by Gasteiger charge is 2.32. The average Bonchev–Trinajstić information content (AvgIpc) is 2.28. The highest BCUT2D eigenvalue weighted by molar-refractivity contribution is 5.79. The maximum absolute atomic E-state index is 11.8. The van der Waals surface area contributed by atoms with E-state index in [1.54, 1.807) is 32.1 Å². The Bertz CT molecular complexity index is 416. The molecule has 3 nitrogen and oxygen atoms in total. The molecule has 0 radical (unpaired) electrons. The van der Waals surface area contributed by atoms with Crippen molar-refractivity contribution in [1.82, 2.24) is 0 Å². The number of carbonyl (C=O) groups excluding carboxylic acids is 1. The van der Waals surface area contributed by atoms with Gasteiger partial charge in [0.2, 0.25) is 0 Å². The van der Waals surface area contributed by atoms with Crippen molar-refractivity contribution >= 4 is 12.0 Å². The second kappa shape index (κ2) is 5.71. The van der Waals surface area contributed by atoms with Crippen LogP contribution in [-0.2, 0) is 9.53 Å². The Morgan fingerprint density at radius 2 is 1.83 bits per heavy atom. The van der Waals surface area contributed by atoms with Gasteiger partial charge in [-0.2, -0.15) is 0 Å². The Kier molecular flexibility index (Phi) is 4.54. The molecule has 0 amide bonds. The number of benzene rings is 1. The van der Waals surface area contributed by atoms with E-state index in [9.17, 15) is 4.79 Å². The molecule has 0 aliphatic heterocycles. The number of hydrogen-bond acceptors (Lipinski definition) is 3. The Morgan fingerprint density at radius 1 is 1.28 bits per heavy atom. The van der Waals surface area contributed by atoms with Crippen molar-refractivity contribution < 1.29 is 14.3 Å². The molecule has 1 aromatic carbocycles. The molecule has 0 bridgehead atoms. The van der Waals surface area contributed by atoms with Crippen LogP contribution in [0.5, 0.6) is 5.75 Å². The van der Waals surface area contributed by atoms with Crippen LogP contribution in [0.4, 0.5) is 0 Å². The molecule has 0 saturated heterocycles. The summed E-state index contributed by atoms with van der Waals surface area (Å²) in [6.45, 7) is 10.7. The van der Waals surface area contributed by atoms with E-state index < -0.39 is 5.60 Å². The summed E-state index contributed by atoms with van der Waals surface area (Å²) in [5.41, 5.74) is 0.00452. The molecule has 0 heterocycles. The SMILES string of the molecule is C=Cc1ccc(OC(C)(C)C(=O)OC(C)C)cc1. The number of esters is 1. The highest BCUT2D eigenvalue weighted by atomic mass is 16.6. The summed E-state index contributed by atoms with van der Waals surface area (Å²) in [5.74, 6) is 0.261. The van der Waals surface area contributed by atoms with E-state index in [1.165, 1.54) is 0 Å². The Morgan fingerprint density at radius 3 is 2.28 bits per heavy atom. The minimum absolute atomic E-state index is 0.150. The van der Waals surface area contributed by atoms with Gasteiger partial charge in [0, 0.05) is 0 Å². The van der Waals surface area contributed by atoms with E-state index in [0.717, 1.165) is 5.56 Å². The van der Waals surface area contributed by atoms with E-state index >= 15 is 0 Å². The first-order chi connectivity index (χ1) is 8.35. The third-order valence-electron chi connectivity index (χ3n) is 2.32. The highest BCUT2D eigenvalue weighted by Crippen LogP contribution is 2.20. The predicted octanol–water partition coefficient (Wildman–Crippen LogP) is 3.44.